The predicted molar refractivity (Wildman–Crippen MR) is 117 cm³/mol. The normalized spacial score (nSPS) is 14.6. The van der Waals surface area contributed by atoms with Crippen LogP contribution in [-0.4, -0.2) is 28.8 Å². The number of carbonyl (C=O) groups excluding carboxylic acids is 1. The van der Waals surface area contributed by atoms with E-state index in [0.717, 1.165) is 36.9 Å². The molecule has 0 amide bonds. The number of hydrogen-bond acceptors (Lipinski definition) is 5. The van der Waals surface area contributed by atoms with Crippen molar-refractivity contribution < 1.29 is 4.79 Å². The number of ketones is 1. The van der Waals surface area contributed by atoms with Crippen molar-refractivity contribution in [3.8, 4) is 0 Å². The van der Waals surface area contributed by atoms with Crippen LogP contribution in [-0.2, 0) is 6.42 Å². The molecule has 4 rings (SSSR count). The summed E-state index contributed by atoms with van der Waals surface area (Å²) >= 11 is 0. The summed E-state index contributed by atoms with van der Waals surface area (Å²) < 4.78 is 0. The van der Waals surface area contributed by atoms with Crippen molar-refractivity contribution in [3.63, 3.8) is 0 Å². The second kappa shape index (κ2) is 8.86. The molecule has 1 aliphatic rings. The van der Waals surface area contributed by atoms with Crippen molar-refractivity contribution in [2.45, 2.75) is 26.2 Å². The quantitative estimate of drug-likeness (QED) is 0.612. The van der Waals surface area contributed by atoms with Gasteiger partial charge >= 0.3 is 0 Å². The maximum Gasteiger partial charge on any atom is 0.229 e. The summed E-state index contributed by atoms with van der Waals surface area (Å²) in [5.74, 6) is 2.27. The fourth-order valence-corrected chi connectivity index (χ4v) is 3.84. The number of rotatable bonds is 6. The van der Waals surface area contributed by atoms with Gasteiger partial charge in [-0.1, -0.05) is 42.5 Å². The third-order valence-electron chi connectivity index (χ3n) is 5.47. The number of benzene rings is 2. The SMILES string of the molecule is CC(=O)c1cccc(Nc2nccc(N3CCC(Cc4ccccc4)CC3)n2)c1. The Labute approximate surface area is 171 Å². The van der Waals surface area contributed by atoms with Gasteiger partial charge in [0.15, 0.2) is 5.78 Å². The lowest BCUT2D eigenvalue weighted by Gasteiger charge is -2.33. The van der Waals surface area contributed by atoms with Crippen molar-refractivity contribution in [1.29, 1.82) is 0 Å². The minimum atomic E-state index is 0.0432. The largest absolute Gasteiger partial charge is 0.356 e. The van der Waals surface area contributed by atoms with Crippen LogP contribution in [0.2, 0.25) is 0 Å². The van der Waals surface area contributed by atoms with Gasteiger partial charge in [0.2, 0.25) is 5.95 Å². The molecule has 0 unspecified atom stereocenters. The molecule has 3 aromatic rings. The van der Waals surface area contributed by atoms with Crippen LogP contribution in [0.1, 0.15) is 35.7 Å². The number of carbonyl (C=O) groups is 1. The fourth-order valence-electron chi connectivity index (χ4n) is 3.84. The molecule has 0 aliphatic carbocycles. The fraction of sp³-hybridized carbons (Fsp3) is 0.292. The molecule has 0 spiro atoms. The maximum absolute atomic E-state index is 11.6. The first-order valence-corrected chi connectivity index (χ1v) is 10.2. The monoisotopic (exact) mass is 386 g/mol. The average molecular weight is 386 g/mol. The first-order chi connectivity index (χ1) is 14.2. The van der Waals surface area contributed by atoms with Gasteiger partial charge in [0.25, 0.3) is 0 Å². The molecule has 0 atom stereocenters. The smallest absolute Gasteiger partial charge is 0.229 e. The Morgan fingerprint density at radius 3 is 2.62 bits per heavy atom. The van der Waals surface area contributed by atoms with Crippen LogP contribution >= 0.6 is 0 Å². The van der Waals surface area contributed by atoms with Gasteiger partial charge in [-0.05, 0) is 55.9 Å². The summed E-state index contributed by atoms with van der Waals surface area (Å²) in [5.41, 5.74) is 2.91. The van der Waals surface area contributed by atoms with E-state index in [1.807, 2.05) is 30.3 Å². The molecule has 2 aromatic carbocycles. The van der Waals surface area contributed by atoms with Crippen molar-refractivity contribution in [1.82, 2.24) is 9.97 Å². The van der Waals surface area contributed by atoms with Crippen LogP contribution in [0.15, 0.2) is 66.9 Å². The number of anilines is 3. The molecule has 148 valence electrons. The lowest BCUT2D eigenvalue weighted by molar-refractivity contribution is 0.101. The van der Waals surface area contributed by atoms with Gasteiger partial charge in [-0.3, -0.25) is 4.79 Å². The van der Waals surface area contributed by atoms with E-state index in [-0.39, 0.29) is 5.78 Å². The van der Waals surface area contributed by atoms with E-state index < -0.39 is 0 Å². The number of nitrogens with one attached hydrogen (secondary N) is 1. The molecular weight excluding hydrogens is 360 g/mol. The Morgan fingerprint density at radius 2 is 1.86 bits per heavy atom. The average Bonchev–Trinajstić information content (AvgIpc) is 2.75. The molecule has 5 nitrogen and oxygen atoms in total. The molecule has 1 aromatic heterocycles. The van der Waals surface area contributed by atoms with Crippen molar-refractivity contribution >= 4 is 23.2 Å². The Bertz CT molecular complexity index is 965. The van der Waals surface area contributed by atoms with Gasteiger partial charge < -0.3 is 10.2 Å². The molecule has 29 heavy (non-hydrogen) atoms. The van der Waals surface area contributed by atoms with Crippen molar-refractivity contribution in [2.24, 2.45) is 5.92 Å². The third-order valence-corrected chi connectivity index (χ3v) is 5.47. The Kier molecular flexibility index (Phi) is 5.84. The first kappa shape index (κ1) is 19.1. The van der Waals surface area contributed by atoms with Gasteiger partial charge in [0.05, 0.1) is 0 Å². The van der Waals surface area contributed by atoms with E-state index in [4.69, 9.17) is 4.98 Å². The van der Waals surface area contributed by atoms with E-state index in [1.165, 1.54) is 18.4 Å². The van der Waals surface area contributed by atoms with Crippen LogP contribution in [0.25, 0.3) is 0 Å². The lowest BCUT2D eigenvalue weighted by Crippen LogP contribution is -2.35. The number of aromatic nitrogens is 2. The second-order valence-electron chi connectivity index (χ2n) is 7.62. The molecule has 1 saturated heterocycles. The zero-order valence-corrected chi connectivity index (χ0v) is 16.7. The van der Waals surface area contributed by atoms with Gasteiger partial charge in [0, 0.05) is 30.5 Å². The minimum Gasteiger partial charge on any atom is -0.356 e. The molecule has 2 heterocycles. The van der Waals surface area contributed by atoms with E-state index >= 15 is 0 Å². The van der Waals surface area contributed by atoms with Crippen LogP contribution in [0.3, 0.4) is 0 Å². The number of piperidine rings is 1. The molecule has 1 N–H and O–H groups in total. The summed E-state index contributed by atoms with van der Waals surface area (Å²) in [5, 5.41) is 3.22. The van der Waals surface area contributed by atoms with Gasteiger partial charge in [-0.2, -0.15) is 4.98 Å². The van der Waals surface area contributed by atoms with Gasteiger partial charge in [0.1, 0.15) is 5.82 Å². The second-order valence-corrected chi connectivity index (χ2v) is 7.62. The summed E-state index contributed by atoms with van der Waals surface area (Å²) in [7, 11) is 0. The Hall–Kier alpha value is -3.21. The highest BCUT2D eigenvalue weighted by molar-refractivity contribution is 5.95. The summed E-state index contributed by atoms with van der Waals surface area (Å²) in [6, 6.07) is 20.1. The van der Waals surface area contributed by atoms with Crippen LogP contribution in [0, 0.1) is 5.92 Å². The zero-order chi connectivity index (χ0) is 20.1. The Morgan fingerprint density at radius 1 is 1.07 bits per heavy atom. The highest BCUT2D eigenvalue weighted by Crippen LogP contribution is 2.25. The molecule has 5 heteroatoms. The van der Waals surface area contributed by atoms with E-state index in [1.54, 1.807) is 13.1 Å². The van der Waals surface area contributed by atoms with E-state index in [2.05, 4.69) is 45.5 Å². The van der Waals surface area contributed by atoms with Crippen molar-refractivity contribution in [3.05, 3.63) is 78.0 Å². The van der Waals surface area contributed by atoms with Gasteiger partial charge in [-0.25, -0.2) is 4.98 Å². The maximum atomic E-state index is 11.6. The van der Waals surface area contributed by atoms with Crippen molar-refractivity contribution in [2.75, 3.05) is 23.3 Å². The lowest BCUT2D eigenvalue weighted by atomic mass is 9.90. The van der Waals surface area contributed by atoms with Gasteiger partial charge in [-0.15, -0.1) is 0 Å². The molecule has 0 bridgehead atoms. The highest BCUT2D eigenvalue weighted by Gasteiger charge is 2.20. The van der Waals surface area contributed by atoms with Crippen LogP contribution < -0.4 is 10.2 Å². The van der Waals surface area contributed by atoms with E-state index in [9.17, 15) is 4.79 Å². The molecule has 1 aliphatic heterocycles. The topological polar surface area (TPSA) is 58.1 Å². The standard InChI is InChI=1S/C24H26N4O/c1-18(29)21-8-5-9-22(17-21)26-24-25-13-10-23(27-24)28-14-11-20(12-15-28)16-19-6-3-2-4-7-19/h2-10,13,17,20H,11-12,14-16H2,1H3,(H,25,26,27). The summed E-state index contributed by atoms with van der Waals surface area (Å²) in [4.78, 5) is 23.0. The van der Waals surface area contributed by atoms with E-state index in [0.29, 0.717) is 11.5 Å². The predicted octanol–water partition coefficient (Wildman–Crippen LogP) is 4.88. The molecule has 1 fully saturated rings. The summed E-state index contributed by atoms with van der Waals surface area (Å²) in [6.45, 7) is 3.58. The minimum absolute atomic E-state index is 0.0432. The number of hydrogen-bond donors (Lipinski definition) is 1. The Balaban J connectivity index is 1.38. The number of nitrogens with zero attached hydrogens (tertiary/aromatic N) is 3. The summed E-state index contributed by atoms with van der Waals surface area (Å²) in [6.07, 6.45) is 5.28. The number of Topliss-reactive ketones (excluding diaryl/α,β-unsaturated/α-hetero) is 1. The first-order valence-electron chi connectivity index (χ1n) is 10.2. The van der Waals surface area contributed by atoms with Crippen LogP contribution in [0.5, 0.6) is 0 Å². The molecule has 0 saturated carbocycles. The van der Waals surface area contributed by atoms with Crippen LogP contribution in [0.4, 0.5) is 17.5 Å². The third kappa shape index (κ3) is 4.99. The molecule has 0 radical (unpaired) electrons. The zero-order valence-electron chi connectivity index (χ0n) is 16.7. The highest BCUT2D eigenvalue weighted by atomic mass is 16.1. The molecular formula is C24H26N4O.